The summed E-state index contributed by atoms with van der Waals surface area (Å²) < 4.78 is 26.6. The van der Waals surface area contributed by atoms with Crippen molar-refractivity contribution in [2.24, 2.45) is 0 Å². The summed E-state index contributed by atoms with van der Waals surface area (Å²) in [7, 11) is -4.68. The molecule has 2 rings (SSSR count). The van der Waals surface area contributed by atoms with Crippen molar-refractivity contribution in [1.29, 1.82) is 0 Å². The molecule has 1 aliphatic heterocycles. The Kier molecular flexibility index (Phi) is 5.17. The number of rotatable bonds is 5. The van der Waals surface area contributed by atoms with Crippen LogP contribution in [0.25, 0.3) is 0 Å². The van der Waals surface area contributed by atoms with E-state index in [-0.39, 0.29) is 6.42 Å². The molecule has 1 aliphatic rings. The first-order valence-electron chi connectivity index (χ1n) is 6.50. The van der Waals surface area contributed by atoms with E-state index in [0.717, 1.165) is 10.6 Å². The summed E-state index contributed by atoms with van der Waals surface area (Å²) in [4.78, 5) is 53.5. The molecule has 0 unspecified atom stereocenters. The fraction of sp³-hybridized carbons (Fsp3) is 0.545. The second kappa shape index (κ2) is 6.77. The summed E-state index contributed by atoms with van der Waals surface area (Å²) in [6, 6.07) is 1.09. The van der Waals surface area contributed by atoms with E-state index in [1.165, 1.54) is 13.1 Å². The largest absolute Gasteiger partial charge is 0.469 e. The topological polar surface area (TPSA) is 157 Å². The molecule has 1 fully saturated rings. The highest BCUT2D eigenvalue weighted by molar-refractivity contribution is 7.46. The van der Waals surface area contributed by atoms with Crippen LogP contribution in [0.15, 0.2) is 21.9 Å². The van der Waals surface area contributed by atoms with Gasteiger partial charge in [0.15, 0.2) is 6.23 Å². The zero-order chi connectivity index (χ0) is 17.2. The van der Waals surface area contributed by atoms with Gasteiger partial charge < -0.3 is 19.3 Å². The Morgan fingerprint density at radius 1 is 1.52 bits per heavy atom. The quantitative estimate of drug-likeness (QED) is 0.441. The fourth-order valence-corrected chi connectivity index (χ4v) is 2.56. The van der Waals surface area contributed by atoms with Crippen LogP contribution < -0.4 is 11.2 Å². The second-order valence-electron chi connectivity index (χ2n) is 4.84. The Hall–Kier alpha value is -1.78. The van der Waals surface area contributed by atoms with Crippen LogP contribution in [0.2, 0.25) is 0 Å². The van der Waals surface area contributed by atoms with Gasteiger partial charge in [-0.05, 0) is 0 Å². The first kappa shape index (κ1) is 17.6. The third-order valence-corrected chi connectivity index (χ3v) is 3.50. The Labute approximate surface area is 129 Å². The lowest BCUT2D eigenvalue weighted by molar-refractivity contribution is -0.152. The number of ether oxygens (including phenoxy) is 2. The Morgan fingerprint density at radius 3 is 2.78 bits per heavy atom. The lowest BCUT2D eigenvalue weighted by atomic mass is 10.2. The van der Waals surface area contributed by atoms with Crippen molar-refractivity contribution in [3.63, 3.8) is 0 Å². The van der Waals surface area contributed by atoms with Crippen LogP contribution in [-0.4, -0.2) is 44.1 Å². The molecule has 128 valence electrons. The zero-order valence-corrected chi connectivity index (χ0v) is 12.8. The summed E-state index contributed by atoms with van der Waals surface area (Å²) >= 11 is 0. The molecule has 11 nitrogen and oxygen atoms in total. The van der Waals surface area contributed by atoms with Gasteiger partial charge in [0.05, 0.1) is 12.7 Å². The molecule has 1 saturated heterocycles. The standard InChI is InChI=1S/C11H15N2O9P/c1-6(14)21-8-4-7(5-20-23(17,18)19)22-10(8)13-3-2-9(15)12-11(13)16/h2-3,7-8,10H,4-5H2,1H3,(H,12,15,16)(H2,17,18,19)/t7-,8+,10+/m0/s1. The van der Waals surface area contributed by atoms with Gasteiger partial charge in [-0.1, -0.05) is 0 Å². The Bertz CT molecular complexity index is 736. The van der Waals surface area contributed by atoms with Crippen LogP contribution in [0.3, 0.4) is 0 Å². The van der Waals surface area contributed by atoms with Gasteiger partial charge >= 0.3 is 19.5 Å². The predicted molar refractivity (Wildman–Crippen MR) is 73.4 cm³/mol. The highest BCUT2D eigenvalue weighted by Crippen LogP contribution is 2.38. The molecule has 12 heteroatoms. The molecule has 0 amide bonds. The highest BCUT2D eigenvalue weighted by Gasteiger charge is 2.40. The van der Waals surface area contributed by atoms with E-state index in [9.17, 15) is 18.9 Å². The Morgan fingerprint density at radius 2 is 2.22 bits per heavy atom. The van der Waals surface area contributed by atoms with Gasteiger partial charge in [0, 0.05) is 25.6 Å². The van der Waals surface area contributed by atoms with Gasteiger partial charge in [0.25, 0.3) is 5.56 Å². The zero-order valence-electron chi connectivity index (χ0n) is 11.9. The molecule has 0 aromatic carbocycles. The maximum atomic E-state index is 11.8. The number of aromatic nitrogens is 2. The lowest BCUT2D eigenvalue weighted by Crippen LogP contribution is -2.36. The van der Waals surface area contributed by atoms with Crippen LogP contribution >= 0.6 is 7.82 Å². The van der Waals surface area contributed by atoms with E-state index in [4.69, 9.17) is 19.3 Å². The number of nitrogens with one attached hydrogen (secondary N) is 1. The fourth-order valence-electron chi connectivity index (χ4n) is 2.20. The van der Waals surface area contributed by atoms with Crippen molar-refractivity contribution < 1.29 is 33.1 Å². The molecular formula is C11H15N2O9P. The summed E-state index contributed by atoms with van der Waals surface area (Å²) in [5.41, 5.74) is -1.37. The summed E-state index contributed by atoms with van der Waals surface area (Å²) in [5, 5.41) is 0. The maximum absolute atomic E-state index is 11.8. The van der Waals surface area contributed by atoms with Crippen LogP contribution in [0, 0.1) is 0 Å². The van der Waals surface area contributed by atoms with Crippen LogP contribution in [0.4, 0.5) is 0 Å². The van der Waals surface area contributed by atoms with Crippen molar-refractivity contribution in [3.05, 3.63) is 33.1 Å². The predicted octanol–water partition coefficient (Wildman–Crippen LogP) is -1.13. The molecule has 3 N–H and O–H groups in total. The molecule has 0 saturated carbocycles. The van der Waals surface area contributed by atoms with Crippen LogP contribution in [-0.2, 0) is 23.4 Å². The second-order valence-corrected chi connectivity index (χ2v) is 6.08. The van der Waals surface area contributed by atoms with Gasteiger partial charge in [-0.15, -0.1) is 0 Å². The molecule has 0 bridgehead atoms. The minimum Gasteiger partial charge on any atom is -0.458 e. The highest BCUT2D eigenvalue weighted by atomic mass is 31.2. The molecule has 0 spiro atoms. The number of phosphoric acid groups is 1. The molecule has 0 radical (unpaired) electrons. The van der Waals surface area contributed by atoms with E-state index in [1.807, 2.05) is 4.98 Å². The van der Waals surface area contributed by atoms with Gasteiger partial charge in [-0.3, -0.25) is 23.7 Å². The molecule has 23 heavy (non-hydrogen) atoms. The van der Waals surface area contributed by atoms with E-state index < -0.39 is 50.1 Å². The van der Waals surface area contributed by atoms with Crippen LogP contribution in [0.5, 0.6) is 0 Å². The van der Waals surface area contributed by atoms with Crippen molar-refractivity contribution in [2.75, 3.05) is 6.61 Å². The average Bonchev–Trinajstić information content (AvgIpc) is 2.78. The number of hydrogen-bond donors (Lipinski definition) is 3. The van der Waals surface area contributed by atoms with Crippen LogP contribution in [0.1, 0.15) is 19.6 Å². The minimum atomic E-state index is -4.68. The number of hydrogen-bond acceptors (Lipinski definition) is 7. The third kappa shape index (κ3) is 4.85. The number of carbonyl (C=O) groups is 1. The average molecular weight is 350 g/mol. The SMILES string of the molecule is CC(=O)O[C@@H]1C[C@@H](COP(=O)(O)O)O[C@H]1n1ccc(=O)[nH]c1=O. The first-order chi connectivity index (χ1) is 10.7. The number of phosphoric ester groups is 1. The Balaban J connectivity index is 2.20. The van der Waals surface area contributed by atoms with Crippen molar-refractivity contribution in [2.45, 2.75) is 31.8 Å². The monoisotopic (exact) mass is 350 g/mol. The number of carbonyl (C=O) groups excluding carboxylic acids is 1. The lowest BCUT2D eigenvalue weighted by Gasteiger charge is -2.20. The number of nitrogens with zero attached hydrogens (tertiary/aromatic N) is 1. The molecule has 1 aromatic rings. The number of esters is 1. The first-order valence-corrected chi connectivity index (χ1v) is 8.03. The normalized spacial score (nSPS) is 24.6. The van der Waals surface area contributed by atoms with Gasteiger partial charge in [0.1, 0.15) is 6.10 Å². The van der Waals surface area contributed by atoms with Gasteiger partial charge in [0.2, 0.25) is 0 Å². The van der Waals surface area contributed by atoms with E-state index in [1.54, 1.807) is 0 Å². The van der Waals surface area contributed by atoms with Gasteiger partial charge in [-0.2, -0.15) is 0 Å². The molecule has 2 heterocycles. The van der Waals surface area contributed by atoms with Crippen molar-refractivity contribution >= 4 is 13.8 Å². The molecule has 3 atom stereocenters. The summed E-state index contributed by atoms with van der Waals surface area (Å²) in [6.07, 6.45) is -1.49. The van der Waals surface area contributed by atoms with E-state index in [2.05, 4.69) is 4.52 Å². The van der Waals surface area contributed by atoms with Crippen molar-refractivity contribution in [1.82, 2.24) is 9.55 Å². The number of H-pyrrole nitrogens is 1. The minimum absolute atomic E-state index is 0.0653. The molecular weight excluding hydrogens is 335 g/mol. The van der Waals surface area contributed by atoms with Crippen molar-refractivity contribution in [3.8, 4) is 0 Å². The molecule has 1 aromatic heterocycles. The third-order valence-electron chi connectivity index (χ3n) is 3.02. The smallest absolute Gasteiger partial charge is 0.458 e. The van der Waals surface area contributed by atoms with E-state index >= 15 is 0 Å². The van der Waals surface area contributed by atoms with Gasteiger partial charge in [-0.25, -0.2) is 9.36 Å². The number of aromatic amines is 1. The van der Waals surface area contributed by atoms with E-state index in [0.29, 0.717) is 0 Å². The maximum Gasteiger partial charge on any atom is 0.469 e. The summed E-state index contributed by atoms with van der Waals surface area (Å²) in [5.74, 6) is -0.613. The summed E-state index contributed by atoms with van der Waals surface area (Å²) in [6.45, 7) is 0.725. The molecule has 0 aliphatic carbocycles.